The number of hydrogen-bond acceptors (Lipinski definition) is 8. The van der Waals surface area contributed by atoms with E-state index in [9.17, 15) is 28.8 Å². The molecule has 2 N–H and O–H groups in total. The number of carbonyl (C=O) groups excluding carboxylic acids is 6. The molecule has 12 nitrogen and oxygen atoms in total. The van der Waals surface area contributed by atoms with E-state index in [1.54, 1.807) is 9.80 Å². The van der Waals surface area contributed by atoms with E-state index in [0.717, 1.165) is 25.7 Å². The number of carbonyl (C=O) groups is 6. The van der Waals surface area contributed by atoms with Crippen molar-refractivity contribution in [3.8, 4) is 0 Å². The molecular formula is C40H70N4O8. The van der Waals surface area contributed by atoms with E-state index in [-0.39, 0.29) is 49.8 Å². The van der Waals surface area contributed by atoms with Gasteiger partial charge in [0.2, 0.25) is 23.6 Å². The fourth-order valence-corrected chi connectivity index (χ4v) is 5.74. The SMILES string of the molecule is CC(=O)NCC(CN(CCC=CCCCCCCCCCCCCCCC=CCCN(CC(CNC(C)=O)OC(C)=O)C(C)=O)C(C)=O)OC(C)=O. The van der Waals surface area contributed by atoms with Crippen LogP contribution in [0.2, 0.25) is 0 Å². The topological polar surface area (TPSA) is 151 Å². The average Bonchev–Trinajstić information content (AvgIpc) is 3.06. The number of ether oxygens (including phenoxy) is 2. The number of nitrogens with one attached hydrogen (secondary N) is 2. The molecule has 0 fully saturated rings. The summed E-state index contributed by atoms with van der Waals surface area (Å²) in [6.45, 7) is 10.4. The Bertz CT molecular complexity index is 1010. The van der Waals surface area contributed by atoms with E-state index >= 15 is 0 Å². The van der Waals surface area contributed by atoms with Gasteiger partial charge in [0, 0.05) is 54.6 Å². The second-order valence-corrected chi connectivity index (χ2v) is 13.6. The second kappa shape index (κ2) is 32.0. The molecule has 0 radical (unpaired) electrons. The molecule has 12 heteroatoms. The molecule has 2 atom stereocenters. The van der Waals surface area contributed by atoms with Crippen molar-refractivity contribution in [2.24, 2.45) is 0 Å². The lowest BCUT2D eigenvalue weighted by atomic mass is 10.0. The predicted molar refractivity (Wildman–Crippen MR) is 205 cm³/mol. The molecular weight excluding hydrogens is 664 g/mol. The summed E-state index contributed by atoms with van der Waals surface area (Å²) in [6.07, 6.45) is 26.1. The fraction of sp³-hybridized carbons (Fsp3) is 0.750. The van der Waals surface area contributed by atoms with Crippen molar-refractivity contribution in [1.29, 1.82) is 0 Å². The summed E-state index contributed by atoms with van der Waals surface area (Å²) in [7, 11) is 0. The molecule has 0 spiro atoms. The molecule has 0 aliphatic rings. The summed E-state index contributed by atoms with van der Waals surface area (Å²) in [4.78, 5) is 72.8. The highest BCUT2D eigenvalue weighted by atomic mass is 16.5. The molecule has 0 heterocycles. The number of esters is 2. The van der Waals surface area contributed by atoms with Gasteiger partial charge in [-0.1, -0.05) is 88.5 Å². The fourth-order valence-electron chi connectivity index (χ4n) is 5.74. The van der Waals surface area contributed by atoms with Crippen LogP contribution in [0.3, 0.4) is 0 Å². The molecule has 0 aliphatic heterocycles. The number of allylic oxidation sites excluding steroid dienone is 2. The van der Waals surface area contributed by atoms with Gasteiger partial charge in [0.25, 0.3) is 0 Å². The van der Waals surface area contributed by atoms with E-state index in [0.29, 0.717) is 13.1 Å². The molecule has 0 aromatic rings. The Morgan fingerprint density at radius 3 is 1.02 bits per heavy atom. The van der Waals surface area contributed by atoms with Crippen molar-refractivity contribution in [1.82, 2.24) is 20.4 Å². The predicted octanol–water partition coefficient (Wildman–Crippen LogP) is 6.17. The Morgan fingerprint density at radius 1 is 0.462 bits per heavy atom. The first-order valence-corrected chi connectivity index (χ1v) is 19.5. The zero-order chi connectivity index (χ0) is 39.0. The van der Waals surface area contributed by atoms with Crippen molar-refractivity contribution >= 4 is 35.6 Å². The maximum absolute atomic E-state index is 12.1. The monoisotopic (exact) mass is 735 g/mol. The lowest BCUT2D eigenvalue weighted by Crippen LogP contribution is -2.43. The molecule has 0 rings (SSSR count). The zero-order valence-corrected chi connectivity index (χ0v) is 33.2. The van der Waals surface area contributed by atoms with Gasteiger partial charge < -0.3 is 29.9 Å². The van der Waals surface area contributed by atoms with E-state index in [2.05, 4.69) is 34.9 Å². The Morgan fingerprint density at radius 2 is 0.750 bits per heavy atom. The number of amides is 4. The molecule has 0 aromatic heterocycles. The third kappa shape index (κ3) is 31.1. The average molecular weight is 735 g/mol. The van der Waals surface area contributed by atoms with Crippen LogP contribution in [0.1, 0.15) is 144 Å². The van der Waals surface area contributed by atoms with Crippen LogP contribution in [0.4, 0.5) is 0 Å². The van der Waals surface area contributed by atoms with E-state index in [1.807, 2.05) is 0 Å². The van der Waals surface area contributed by atoms with Gasteiger partial charge in [0.1, 0.15) is 12.2 Å². The minimum atomic E-state index is -0.571. The lowest BCUT2D eigenvalue weighted by Gasteiger charge is -2.26. The summed E-state index contributed by atoms with van der Waals surface area (Å²) in [5.74, 6) is -1.47. The Labute approximate surface area is 313 Å². The van der Waals surface area contributed by atoms with Gasteiger partial charge in [0.05, 0.1) is 26.2 Å². The molecule has 52 heavy (non-hydrogen) atoms. The minimum absolute atomic E-state index is 0.0879. The molecule has 4 amide bonds. The van der Waals surface area contributed by atoms with Gasteiger partial charge in [-0.15, -0.1) is 0 Å². The number of hydrogen-bond donors (Lipinski definition) is 2. The molecule has 0 aromatic carbocycles. The summed E-state index contributed by atoms with van der Waals surface area (Å²) >= 11 is 0. The van der Waals surface area contributed by atoms with Crippen LogP contribution in [0.25, 0.3) is 0 Å². The molecule has 0 bridgehead atoms. The van der Waals surface area contributed by atoms with Crippen molar-refractivity contribution in [3.63, 3.8) is 0 Å². The van der Waals surface area contributed by atoms with Crippen LogP contribution < -0.4 is 10.6 Å². The summed E-state index contributed by atoms with van der Waals surface area (Å²) in [5, 5.41) is 5.30. The van der Waals surface area contributed by atoms with Crippen LogP contribution in [0.15, 0.2) is 24.3 Å². The third-order valence-electron chi connectivity index (χ3n) is 8.52. The maximum Gasteiger partial charge on any atom is 0.303 e. The highest BCUT2D eigenvalue weighted by molar-refractivity contribution is 5.75. The van der Waals surface area contributed by atoms with Crippen molar-refractivity contribution in [2.45, 2.75) is 156 Å². The van der Waals surface area contributed by atoms with Gasteiger partial charge in [0.15, 0.2) is 0 Å². The van der Waals surface area contributed by atoms with Gasteiger partial charge in [-0.2, -0.15) is 0 Å². The summed E-state index contributed by atoms with van der Waals surface area (Å²) < 4.78 is 10.5. The van der Waals surface area contributed by atoms with Crippen LogP contribution >= 0.6 is 0 Å². The van der Waals surface area contributed by atoms with Gasteiger partial charge in [-0.05, 0) is 38.5 Å². The van der Waals surface area contributed by atoms with Crippen LogP contribution in [0.5, 0.6) is 0 Å². The number of nitrogens with zero attached hydrogens (tertiary/aromatic N) is 2. The minimum Gasteiger partial charge on any atom is -0.459 e. The highest BCUT2D eigenvalue weighted by Crippen LogP contribution is 2.13. The second-order valence-electron chi connectivity index (χ2n) is 13.6. The third-order valence-corrected chi connectivity index (χ3v) is 8.52. The maximum atomic E-state index is 12.1. The van der Waals surface area contributed by atoms with Crippen LogP contribution in [-0.2, 0) is 38.2 Å². The molecule has 298 valence electrons. The smallest absolute Gasteiger partial charge is 0.303 e. The Hall–Kier alpha value is -3.70. The Balaban J connectivity index is 3.86. The zero-order valence-electron chi connectivity index (χ0n) is 33.2. The number of unbranched alkanes of at least 4 members (excludes halogenated alkanes) is 13. The molecule has 0 saturated heterocycles. The highest BCUT2D eigenvalue weighted by Gasteiger charge is 2.20. The van der Waals surface area contributed by atoms with E-state index in [4.69, 9.17) is 9.47 Å². The van der Waals surface area contributed by atoms with Gasteiger partial charge in [-0.25, -0.2) is 0 Å². The largest absolute Gasteiger partial charge is 0.459 e. The Kier molecular flexibility index (Phi) is 29.7. The normalized spacial score (nSPS) is 12.3. The standard InChI is InChI=1S/C40H70N4O8/c1-33(45)41-29-39(51-37(5)49)31-43(35(3)47)27-25-23-21-19-17-15-13-11-9-7-8-10-12-14-16-18-20-22-24-26-28-44(36(4)48)32-40(52-38(6)50)30-42-34(2)46/h21-24,39-40H,7-20,25-32H2,1-6H3,(H,41,45)(H,42,46). The molecule has 0 saturated carbocycles. The summed E-state index contributed by atoms with van der Waals surface area (Å²) in [6, 6.07) is 0. The summed E-state index contributed by atoms with van der Waals surface area (Å²) in [5.41, 5.74) is 0. The lowest BCUT2D eigenvalue weighted by molar-refractivity contribution is -0.149. The van der Waals surface area contributed by atoms with Gasteiger partial charge in [-0.3, -0.25) is 28.8 Å². The van der Waals surface area contributed by atoms with Crippen LogP contribution in [-0.4, -0.2) is 96.8 Å². The van der Waals surface area contributed by atoms with E-state index < -0.39 is 24.1 Å². The van der Waals surface area contributed by atoms with E-state index in [1.165, 1.54) is 119 Å². The first-order chi connectivity index (χ1) is 24.8. The van der Waals surface area contributed by atoms with Gasteiger partial charge >= 0.3 is 11.9 Å². The van der Waals surface area contributed by atoms with Crippen molar-refractivity contribution in [2.75, 3.05) is 39.3 Å². The van der Waals surface area contributed by atoms with Crippen LogP contribution in [0, 0.1) is 0 Å². The molecule has 2 unspecified atom stereocenters. The first kappa shape index (κ1) is 48.3. The quantitative estimate of drug-likeness (QED) is 0.0488. The van der Waals surface area contributed by atoms with Crippen molar-refractivity contribution in [3.05, 3.63) is 24.3 Å². The first-order valence-electron chi connectivity index (χ1n) is 19.5. The molecule has 0 aliphatic carbocycles. The van der Waals surface area contributed by atoms with Crippen molar-refractivity contribution < 1.29 is 38.2 Å². The number of rotatable bonds is 31.